The highest BCUT2D eigenvalue weighted by Gasteiger charge is 2.12. The van der Waals surface area contributed by atoms with Crippen molar-refractivity contribution in [3.8, 4) is 0 Å². The second-order valence-corrected chi connectivity index (χ2v) is 5.39. The molecule has 0 aliphatic heterocycles. The molecule has 0 aromatic heterocycles. The van der Waals surface area contributed by atoms with Gasteiger partial charge >= 0.3 is 5.97 Å². The predicted octanol–water partition coefficient (Wildman–Crippen LogP) is 3.23. The molecule has 0 unspecified atom stereocenters. The molecule has 2 aromatic carbocycles. The number of nitrogens with one attached hydrogen (secondary N) is 2. The first-order valence-electron chi connectivity index (χ1n) is 7.56. The average Bonchev–Trinajstić information content (AvgIpc) is 2.53. The minimum absolute atomic E-state index is 0.0761. The van der Waals surface area contributed by atoms with Crippen molar-refractivity contribution in [3.05, 3.63) is 59.7 Å². The third-order valence-corrected chi connectivity index (χ3v) is 3.32. The van der Waals surface area contributed by atoms with Crippen molar-refractivity contribution in [1.82, 2.24) is 0 Å². The van der Waals surface area contributed by atoms with Gasteiger partial charge in [0.05, 0.1) is 5.57 Å². The van der Waals surface area contributed by atoms with Gasteiger partial charge in [0.15, 0.2) is 0 Å². The van der Waals surface area contributed by atoms with Crippen LogP contribution in [0.1, 0.15) is 25.0 Å². The Hall–Kier alpha value is -3.41. The van der Waals surface area contributed by atoms with Crippen molar-refractivity contribution in [2.45, 2.75) is 13.8 Å². The van der Waals surface area contributed by atoms with Crippen LogP contribution in [-0.4, -0.2) is 22.9 Å². The van der Waals surface area contributed by atoms with Crippen LogP contribution in [0.2, 0.25) is 0 Å². The molecule has 6 nitrogen and oxygen atoms in total. The molecule has 0 heterocycles. The van der Waals surface area contributed by atoms with Crippen molar-refractivity contribution in [2.24, 2.45) is 0 Å². The molecule has 0 radical (unpaired) electrons. The maximum absolute atomic E-state index is 11.7. The Balaban J connectivity index is 2.42. The van der Waals surface area contributed by atoms with Crippen molar-refractivity contribution in [3.63, 3.8) is 0 Å². The number of carboxylic acid groups (broad SMARTS) is 1. The summed E-state index contributed by atoms with van der Waals surface area (Å²) in [6.07, 6.45) is 1.50. The zero-order valence-corrected chi connectivity index (χ0v) is 13.9. The van der Waals surface area contributed by atoms with Crippen molar-refractivity contribution in [1.29, 1.82) is 0 Å². The number of carboxylic acids is 1. The Morgan fingerprint density at radius 1 is 0.880 bits per heavy atom. The summed E-state index contributed by atoms with van der Waals surface area (Å²) in [5.41, 5.74) is 2.26. The summed E-state index contributed by atoms with van der Waals surface area (Å²) < 4.78 is 0. The first kappa shape index (κ1) is 17.9. The summed E-state index contributed by atoms with van der Waals surface area (Å²) in [5, 5.41) is 14.9. The lowest BCUT2D eigenvalue weighted by atomic mass is 10.0. The van der Waals surface area contributed by atoms with Crippen LogP contribution in [0, 0.1) is 0 Å². The summed E-state index contributed by atoms with van der Waals surface area (Å²) in [5.74, 6) is -1.53. The molecule has 0 aliphatic rings. The van der Waals surface area contributed by atoms with E-state index in [-0.39, 0.29) is 17.4 Å². The number of carbonyl (C=O) groups is 3. The number of hydrogen-bond acceptors (Lipinski definition) is 3. The van der Waals surface area contributed by atoms with Gasteiger partial charge in [0.25, 0.3) is 0 Å². The largest absolute Gasteiger partial charge is 0.478 e. The van der Waals surface area contributed by atoms with Crippen molar-refractivity contribution in [2.75, 3.05) is 10.6 Å². The van der Waals surface area contributed by atoms with E-state index >= 15 is 0 Å². The number of carbonyl (C=O) groups excluding carboxylic acids is 2. The molecule has 0 saturated heterocycles. The maximum atomic E-state index is 11.7. The van der Waals surface area contributed by atoms with Crippen LogP contribution < -0.4 is 10.6 Å². The Bertz CT molecular complexity index is 839. The van der Waals surface area contributed by atoms with Crippen molar-refractivity contribution >= 4 is 40.8 Å². The summed E-state index contributed by atoms with van der Waals surface area (Å²) in [7, 11) is 0. The van der Waals surface area contributed by atoms with Crippen LogP contribution in [0.15, 0.2) is 48.5 Å². The van der Waals surface area contributed by atoms with E-state index in [2.05, 4.69) is 10.6 Å². The van der Waals surface area contributed by atoms with E-state index in [0.29, 0.717) is 22.5 Å². The lowest BCUT2D eigenvalue weighted by Gasteiger charge is -2.09. The van der Waals surface area contributed by atoms with Gasteiger partial charge in [-0.15, -0.1) is 0 Å². The topological polar surface area (TPSA) is 95.5 Å². The van der Waals surface area contributed by atoms with Crippen LogP contribution in [0.5, 0.6) is 0 Å². The van der Waals surface area contributed by atoms with Crippen LogP contribution in [0.4, 0.5) is 11.4 Å². The molecule has 3 N–H and O–H groups in total. The molecular formula is C19H18N2O4. The lowest BCUT2D eigenvalue weighted by molar-refractivity contribution is -0.130. The van der Waals surface area contributed by atoms with Crippen LogP contribution >= 0.6 is 0 Å². The standard InChI is InChI=1S/C19H18N2O4/c1-12(22)20-16-9-7-14(8-10-16)17(19(24)25)11-15-5-3-4-6-18(15)21-13(2)23/h3-11H,1-2H3,(H,20,22)(H,21,23)(H,24,25). The number of benzene rings is 2. The molecule has 25 heavy (non-hydrogen) atoms. The summed E-state index contributed by atoms with van der Waals surface area (Å²) in [6.45, 7) is 2.79. The normalized spacial score (nSPS) is 10.9. The van der Waals surface area contributed by atoms with E-state index in [9.17, 15) is 19.5 Å². The Kier molecular flexibility index (Phi) is 5.68. The third kappa shape index (κ3) is 5.04. The van der Waals surface area contributed by atoms with E-state index < -0.39 is 5.97 Å². The molecule has 0 atom stereocenters. The van der Waals surface area contributed by atoms with Gasteiger partial charge in [0.1, 0.15) is 0 Å². The fraction of sp³-hybridized carbons (Fsp3) is 0.105. The first-order valence-corrected chi connectivity index (χ1v) is 7.56. The maximum Gasteiger partial charge on any atom is 0.336 e. The third-order valence-electron chi connectivity index (χ3n) is 3.32. The fourth-order valence-corrected chi connectivity index (χ4v) is 2.29. The quantitative estimate of drug-likeness (QED) is 0.576. The first-order chi connectivity index (χ1) is 11.9. The Morgan fingerprint density at radius 3 is 2.04 bits per heavy atom. The smallest absolute Gasteiger partial charge is 0.336 e. The zero-order chi connectivity index (χ0) is 18.4. The molecule has 6 heteroatoms. The molecule has 0 fully saturated rings. The molecule has 2 aromatic rings. The molecule has 0 bridgehead atoms. The Labute approximate surface area is 145 Å². The van der Waals surface area contributed by atoms with Gasteiger partial charge in [-0.3, -0.25) is 9.59 Å². The Morgan fingerprint density at radius 2 is 1.48 bits per heavy atom. The molecule has 2 amide bonds. The summed E-state index contributed by atoms with van der Waals surface area (Å²) >= 11 is 0. The van der Waals surface area contributed by atoms with E-state index in [1.807, 2.05) is 0 Å². The number of rotatable bonds is 5. The number of hydrogen-bond donors (Lipinski definition) is 3. The number of para-hydroxylation sites is 1. The van der Waals surface area contributed by atoms with Gasteiger partial charge in [-0.1, -0.05) is 30.3 Å². The average molecular weight is 338 g/mol. The summed E-state index contributed by atoms with van der Waals surface area (Å²) in [4.78, 5) is 34.0. The van der Waals surface area contributed by atoms with Gasteiger partial charge in [0, 0.05) is 25.2 Å². The highest BCUT2D eigenvalue weighted by Crippen LogP contribution is 2.24. The van der Waals surface area contributed by atoms with Crippen LogP contribution in [0.25, 0.3) is 11.6 Å². The van der Waals surface area contributed by atoms with Gasteiger partial charge in [-0.25, -0.2) is 4.79 Å². The SMILES string of the molecule is CC(=O)Nc1ccc(C(=Cc2ccccc2NC(C)=O)C(=O)O)cc1. The van der Waals surface area contributed by atoms with Crippen molar-refractivity contribution < 1.29 is 19.5 Å². The molecule has 0 spiro atoms. The van der Waals surface area contributed by atoms with Gasteiger partial charge in [-0.05, 0) is 35.4 Å². The number of aliphatic carboxylic acids is 1. The van der Waals surface area contributed by atoms with E-state index in [4.69, 9.17) is 0 Å². The molecule has 128 valence electrons. The second-order valence-electron chi connectivity index (χ2n) is 5.39. The van der Waals surface area contributed by atoms with E-state index in [1.165, 1.54) is 19.9 Å². The van der Waals surface area contributed by atoms with Gasteiger partial charge < -0.3 is 15.7 Å². The minimum atomic E-state index is -1.09. The predicted molar refractivity (Wildman–Crippen MR) is 97.0 cm³/mol. The minimum Gasteiger partial charge on any atom is -0.478 e. The van der Waals surface area contributed by atoms with E-state index in [0.717, 1.165) is 0 Å². The van der Waals surface area contributed by atoms with E-state index in [1.54, 1.807) is 48.5 Å². The molecule has 2 rings (SSSR count). The molecule has 0 saturated carbocycles. The fourth-order valence-electron chi connectivity index (χ4n) is 2.29. The number of amides is 2. The molecule has 0 aliphatic carbocycles. The number of anilines is 2. The second kappa shape index (κ2) is 7.92. The summed E-state index contributed by atoms with van der Waals surface area (Å²) in [6, 6.07) is 13.4. The highest BCUT2D eigenvalue weighted by molar-refractivity contribution is 6.21. The molecular weight excluding hydrogens is 320 g/mol. The highest BCUT2D eigenvalue weighted by atomic mass is 16.4. The lowest BCUT2D eigenvalue weighted by Crippen LogP contribution is -2.07. The van der Waals surface area contributed by atoms with Crippen LogP contribution in [-0.2, 0) is 14.4 Å². The van der Waals surface area contributed by atoms with Gasteiger partial charge in [0.2, 0.25) is 11.8 Å². The van der Waals surface area contributed by atoms with Crippen LogP contribution in [0.3, 0.4) is 0 Å². The zero-order valence-electron chi connectivity index (χ0n) is 13.9. The van der Waals surface area contributed by atoms with Gasteiger partial charge in [-0.2, -0.15) is 0 Å². The monoisotopic (exact) mass is 338 g/mol.